The van der Waals surface area contributed by atoms with Gasteiger partial charge in [0.15, 0.2) is 0 Å². The highest BCUT2D eigenvalue weighted by molar-refractivity contribution is 5.66. The molecule has 2 bridgehead atoms. The van der Waals surface area contributed by atoms with E-state index in [2.05, 4.69) is 48.5 Å². The highest BCUT2D eigenvalue weighted by Crippen LogP contribution is 2.80. The molecule has 0 amide bonds. The van der Waals surface area contributed by atoms with Crippen molar-refractivity contribution in [3.8, 4) is 0 Å². The Bertz CT molecular complexity index is 1060. The maximum atomic E-state index is 12.5. The van der Waals surface area contributed by atoms with Crippen molar-refractivity contribution in [3.63, 3.8) is 0 Å². The van der Waals surface area contributed by atoms with Crippen molar-refractivity contribution >= 4 is 11.9 Å². The summed E-state index contributed by atoms with van der Waals surface area (Å²) in [5.41, 5.74) is 0.288. The zero-order chi connectivity index (χ0) is 28.4. The maximum Gasteiger partial charge on any atom is 0.302 e. The van der Waals surface area contributed by atoms with Gasteiger partial charge >= 0.3 is 11.9 Å². The van der Waals surface area contributed by atoms with Crippen LogP contribution >= 0.6 is 0 Å². The van der Waals surface area contributed by atoms with Gasteiger partial charge in [0.2, 0.25) is 0 Å². The van der Waals surface area contributed by atoms with Crippen molar-refractivity contribution in [1.29, 1.82) is 0 Å². The molecule has 0 radical (unpaired) electrons. The first kappa shape index (κ1) is 28.0. The Morgan fingerprint density at radius 3 is 2.00 bits per heavy atom. The molecule has 0 aromatic carbocycles. The molecule has 1 heterocycles. The fourth-order valence-corrected chi connectivity index (χ4v) is 12.7. The third-order valence-corrected chi connectivity index (χ3v) is 14.7. The summed E-state index contributed by atoms with van der Waals surface area (Å²) in [6, 6.07) is 0. The van der Waals surface area contributed by atoms with Crippen molar-refractivity contribution in [1.82, 2.24) is 0 Å². The van der Waals surface area contributed by atoms with Crippen LogP contribution in [0.3, 0.4) is 0 Å². The molecule has 5 heteroatoms. The monoisotopic (exact) mass is 542 g/mol. The minimum absolute atomic E-state index is 0.00534. The quantitative estimate of drug-likeness (QED) is 0.338. The molecule has 0 aromatic heterocycles. The molecule has 10 atom stereocenters. The Balaban J connectivity index is 1.43. The first-order valence-electron chi connectivity index (χ1n) is 16.0. The van der Waals surface area contributed by atoms with E-state index in [1.54, 1.807) is 13.8 Å². The lowest BCUT2D eigenvalue weighted by atomic mass is 9.30. The second-order valence-electron chi connectivity index (χ2n) is 17.0. The molecule has 10 unspecified atom stereocenters. The summed E-state index contributed by atoms with van der Waals surface area (Å²) < 4.78 is 19.5. The predicted octanol–water partition coefficient (Wildman–Crippen LogP) is 7.49. The van der Waals surface area contributed by atoms with Crippen LogP contribution in [0.1, 0.15) is 127 Å². The number of hydrogen-bond acceptors (Lipinski definition) is 5. The van der Waals surface area contributed by atoms with Crippen LogP contribution in [0.5, 0.6) is 0 Å². The molecule has 5 saturated carbocycles. The molecular weight excluding hydrogens is 488 g/mol. The van der Waals surface area contributed by atoms with Gasteiger partial charge in [-0.1, -0.05) is 48.5 Å². The van der Waals surface area contributed by atoms with Crippen LogP contribution < -0.4 is 0 Å². The van der Waals surface area contributed by atoms with E-state index in [1.807, 2.05) is 0 Å². The number of fused-ring (bicyclic) bond motifs is 4. The molecule has 5 nitrogen and oxygen atoms in total. The topological polar surface area (TPSA) is 61.8 Å². The van der Waals surface area contributed by atoms with Gasteiger partial charge in [0.05, 0.1) is 12.2 Å². The number of ether oxygens (including phenoxy) is 3. The number of carbonyl (C=O) groups excluding carboxylic acids is 2. The van der Waals surface area contributed by atoms with Crippen LogP contribution in [0, 0.1) is 50.2 Å². The number of esters is 2. The molecule has 1 aliphatic heterocycles. The lowest BCUT2D eigenvalue weighted by Crippen LogP contribution is -2.74. The Hall–Kier alpha value is -1.10. The second kappa shape index (κ2) is 8.26. The molecule has 6 aliphatic rings. The van der Waals surface area contributed by atoms with Crippen LogP contribution in [0.4, 0.5) is 0 Å². The molecule has 6 fully saturated rings. The molecule has 1 spiro atoms. The average Bonchev–Trinajstić information content (AvgIpc) is 3.07. The van der Waals surface area contributed by atoms with Crippen LogP contribution in [-0.4, -0.2) is 36.4 Å². The number of hydrogen-bond donors (Lipinski definition) is 0. The molecule has 1 saturated heterocycles. The zero-order valence-corrected chi connectivity index (χ0v) is 26.2. The Kier molecular flexibility index (Phi) is 5.94. The first-order valence-corrected chi connectivity index (χ1v) is 16.0. The summed E-state index contributed by atoms with van der Waals surface area (Å²) in [6.07, 6.45) is 11.0. The first-order chi connectivity index (χ1) is 18.0. The summed E-state index contributed by atoms with van der Waals surface area (Å²) in [6.45, 7) is 21.2. The van der Waals surface area contributed by atoms with Gasteiger partial charge in [-0.25, -0.2) is 0 Å². The molecule has 0 aromatic rings. The van der Waals surface area contributed by atoms with Crippen molar-refractivity contribution in [2.24, 2.45) is 50.2 Å². The summed E-state index contributed by atoms with van der Waals surface area (Å²) in [5, 5.41) is 0. The minimum atomic E-state index is -0.152. The maximum absolute atomic E-state index is 12.5. The molecule has 39 heavy (non-hydrogen) atoms. The molecular formula is C34H54O5. The normalized spacial score (nSPS) is 52.9. The molecule has 6 rings (SSSR count). The van der Waals surface area contributed by atoms with Gasteiger partial charge in [0, 0.05) is 36.0 Å². The lowest BCUT2D eigenvalue weighted by molar-refractivity contribution is -0.299. The SMILES string of the molecule is CC(=O)OC1CCC2(C)C(CCC3(C)C2CCC24OCC5(CCC(C)(C)CC52)C(OC(C)=O)CC34C)C1(C)C. The van der Waals surface area contributed by atoms with Gasteiger partial charge in [-0.15, -0.1) is 0 Å². The smallest absolute Gasteiger partial charge is 0.302 e. The van der Waals surface area contributed by atoms with Crippen LogP contribution in [-0.2, 0) is 23.8 Å². The van der Waals surface area contributed by atoms with E-state index in [9.17, 15) is 9.59 Å². The van der Waals surface area contributed by atoms with Gasteiger partial charge in [0.25, 0.3) is 0 Å². The van der Waals surface area contributed by atoms with Gasteiger partial charge < -0.3 is 14.2 Å². The second-order valence-corrected chi connectivity index (χ2v) is 17.0. The van der Waals surface area contributed by atoms with Crippen LogP contribution in [0.25, 0.3) is 0 Å². The number of carbonyl (C=O) groups is 2. The Labute approximate surface area is 236 Å². The average molecular weight is 543 g/mol. The van der Waals surface area contributed by atoms with Crippen LogP contribution in [0.2, 0.25) is 0 Å². The molecule has 0 N–H and O–H groups in total. The van der Waals surface area contributed by atoms with E-state index in [1.165, 1.54) is 12.8 Å². The summed E-state index contributed by atoms with van der Waals surface area (Å²) in [5.74, 6) is 1.24. The summed E-state index contributed by atoms with van der Waals surface area (Å²) in [7, 11) is 0. The van der Waals surface area contributed by atoms with E-state index >= 15 is 0 Å². The number of rotatable bonds is 2. The van der Waals surface area contributed by atoms with Gasteiger partial charge in [-0.3, -0.25) is 9.59 Å². The summed E-state index contributed by atoms with van der Waals surface area (Å²) >= 11 is 0. The fourth-order valence-electron chi connectivity index (χ4n) is 12.7. The van der Waals surface area contributed by atoms with E-state index in [4.69, 9.17) is 14.2 Å². The molecule has 220 valence electrons. The van der Waals surface area contributed by atoms with E-state index in [-0.39, 0.29) is 62.2 Å². The van der Waals surface area contributed by atoms with Crippen molar-refractivity contribution in [2.45, 2.75) is 144 Å². The zero-order valence-electron chi connectivity index (χ0n) is 26.2. The highest BCUT2D eigenvalue weighted by Gasteiger charge is 2.80. The largest absolute Gasteiger partial charge is 0.462 e. The third-order valence-electron chi connectivity index (χ3n) is 14.7. The van der Waals surface area contributed by atoms with Crippen molar-refractivity contribution < 1.29 is 23.8 Å². The molecule has 5 aliphatic carbocycles. The Morgan fingerprint density at radius 1 is 0.692 bits per heavy atom. The third kappa shape index (κ3) is 3.40. The minimum Gasteiger partial charge on any atom is -0.462 e. The standard InChI is InChI=1S/C34H54O5/c1-21(35)38-26-12-13-30(7)23(29(26,5)6)10-14-31(8)24(30)11-15-34-25-18-28(3,4)16-17-33(25,20-37-34)27(39-22(2)36)19-32(31,34)9/h23-27H,10-20H2,1-9H3. The van der Waals surface area contributed by atoms with Crippen molar-refractivity contribution in [3.05, 3.63) is 0 Å². The van der Waals surface area contributed by atoms with Crippen molar-refractivity contribution in [2.75, 3.05) is 6.61 Å². The van der Waals surface area contributed by atoms with E-state index in [0.29, 0.717) is 17.8 Å². The predicted molar refractivity (Wildman–Crippen MR) is 151 cm³/mol. The lowest BCUT2D eigenvalue weighted by Gasteiger charge is -2.75. The van der Waals surface area contributed by atoms with E-state index < -0.39 is 0 Å². The summed E-state index contributed by atoms with van der Waals surface area (Å²) in [4.78, 5) is 24.5. The fraction of sp³-hybridized carbons (Fsp3) is 0.941. The van der Waals surface area contributed by atoms with Crippen LogP contribution in [0.15, 0.2) is 0 Å². The van der Waals surface area contributed by atoms with E-state index in [0.717, 1.165) is 58.0 Å². The van der Waals surface area contributed by atoms with Gasteiger partial charge in [-0.05, 0) is 92.3 Å². The highest BCUT2D eigenvalue weighted by atomic mass is 16.6. The van der Waals surface area contributed by atoms with Gasteiger partial charge in [0.1, 0.15) is 12.2 Å². The Morgan fingerprint density at radius 2 is 1.33 bits per heavy atom. The van der Waals surface area contributed by atoms with Gasteiger partial charge in [-0.2, -0.15) is 0 Å².